The maximum absolute atomic E-state index is 12.0. The number of rotatable bonds is 5. The zero-order chi connectivity index (χ0) is 13.0. The van der Waals surface area contributed by atoms with Gasteiger partial charge < -0.3 is 19.9 Å². The van der Waals surface area contributed by atoms with Crippen molar-refractivity contribution in [2.75, 3.05) is 19.8 Å². The van der Waals surface area contributed by atoms with Crippen LogP contribution in [0.1, 0.15) is 18.6 Å². The number of hydrogen-bond donors (Lipinski definition) is 2. The highest BCUT2D eigenvalue weighted by atomic mass is 16.5. The molecule has 0 bridgehead atoms. The highest BCUT2D eigenvalue weighted by molar-refractivity contribution is 5.79. The van der Waals surface area contributed by atoms with Gasteiger partial charge in [0.25, 0.3) is 0 Å². The quantitative estimate of drug-likeness (QED) is 0.744. The SMILES string of the molecule is CCNC1COCC1C(=O)NCc1nc(C)no1. The fourth-order valence-electron chi connectivity index (χ4n) is 1.98. The minimum Gasteiger partial charge on any atom is -0.379 e. The Morgan fingerprint density at radius 3 is 3.00 bits per heavy atom. The van der Waals surface area contributed by atoms with Crippen LogP contribution in [0.4, 0.5) is 0 Å². The van der Waals surface area contributed by atoms with Gasteiger partial charge in [0.1, 0.15) is 0 Å². The number of amides is 1. The van der Waals surface area contributed by atoms with E-state index < -0.39 is 0 Å². The van der Waals surface area contributed by atoms with Crippen molar-refractivity contribution < 1.29 is 14.1 Å². The highest BCUT2D eigenvalue weighted by Gasteiger charge is 2.33. The second-order valence-electron chi connectivity index (χ2n) is 4.26. The topological polar surface area (TPSA) is 89.3 Å². The van der Waals surface area contributed by atoms with Gasteiger partial charge in [0.2, 0.25) is 11.8 Å². The van der Waals surface area contributed by atoms with E-state index in [1.54, 1.807) is 6.92 Å². The third-order valence-electron chi connectivity index (χ3n) is 2.87. The average Bonchev–Trinajstić information content (AvgIpc) is 2.96. The first-order chi connectivity index (χ1) is 8.70. The lowest BCUT2D eigenvalue weighted by Gasteiger charge is -2.17. The lowest BCUT2D eigenvalue weighted by atomic mass is 10.0. The molecule has 0 radical (unpaired) electrons. The first-order valence-electron chi connectivity index (χ1n) is 6.08. The second kappa shape index (κ2) is 5.92. The molecule has 2 atom stereocenters. The number of likely N-dealkylation sites (N-methyl/N-ethyl adjacent to an activating group) is 1. The molecule has 7 heteroatoms. The van der Waals surface area contributed by atoms with Crippen molar-refractivity contribution >= 4 is 5.91 Å². The van der Waals surface area contributed by atoms with Gasteiger partial charge in [-0.25, -0.2) is 0 Å². The van der Waals surface area contributed by atoms with Gasteiger partial charge in [-0.05, 0) is 13.5 Å². The van der Waals surface area contributed by atoms with Crippen LogP contribution >= 0.6 is 0 Å². The van der Waals surface area contributed by atoms with E-state index in [4.69, 9.17) is 9.26 Å². The van der Waals surface area contributed by atoms with E-state index in [2.05, 4.69) is 20.8 Å². The van der Waals surface area contributed by atoms with E-state index in [0.717, 1.165) is 6.54 Å². The molecule has 1 aliphatic heterocycles. The number of carbonyl (C=O) groups excluding carboxylic acids is 1. The zero-order valence-electron chi connectivity index (χ0n) is 10.6. The van der Waals surface area contributed by atoms with Crippen LogP contribution in [0, 0.1) is 12.8 Å². The van der Waals surface area contributed by atoms with E-state index >= 15 is 0 Å². The number of ether oxygens (including phenoxy) is 1. The summed E-state index contributed by atoms with van der Waals surface area (Å²) < 4.78 is 10.3. The predicted molar refractivity (Wildman–Crippen MR) is 62.7 cm³/mol. The summed E-state index contributed by atoms with van der Waals surface area (Å²) in [5.41, 5.74) is 0. The van der Waals surface area contributed by atoms with Crippen molar-refractivity contribution in [1.82, 2.24) is 20.8 Å². The summed E-state index contributed by atoms with van der Waals surface area (Å²) in [5.74, 6) is 0.775. The minimum atomic E-state index is -0.158. The maximum atomic E-state index is 12.0. The van der Waals surface area contributed by atoms with Crippen LogP contribution < -0.4 is 10.6 Å². The van der Waals surface area contributed by atoms with Gasteiger partial charge >= 0.3 is 0 Å². The number of hydrogen-bond acceptors (Lipinski definition) is 6. The van der Waals surface area contributed by atoms with Crippen molar-refractivity contribution in [3.63, 3.8) is 0 Å². The van der Waals surface area contributed by atoms with Crippen LogP contribution in [-0.2, 0) is 16.1 Å². The Bertz CT molecular complexity index is 407. The third kappa shape index (κ3) is 3.05. The maximum Gasteiger partial charge on any atom is 0.246 e. The standard InChI is InChI=1S/C11H18N4O3/c1-3-12-9-6-17-5-8(9)11(16)13-4-10-14-7(2)15-18-10/h8-9,12H,3-6H2,1-2H3,(H,13,16). The highest BCUT2D eigenvalue weighted by Crippen LogP contribution is 2.13. The largest absolute Gasteiger partial charge is 0.379 e. The number of nitrogens with zero attached hydrogens (tertiary/aromatic N) is 2. The van der Waals surface area contributed by atoms with Gasteiger partial charge in [-0.1, -0.05) is 12.1 Å². The molecule has 1 aromatic heterocycles. The van der Waals surface area contributed by atoms with Gasteiger partial charge in [-0.3, -0.25) is 4.79 Å². The molecule has 0 saturated carbocycles. The van der Waals surface area contributed by atoms with Crippen molar-refractivity contribution in [3.05, 3.63) is 11.7 Å². The molecule has 1 amide bonds. The molecule has 2 heterocycles. The minimum absolute atomic E-state index is 0.0469. The first kappa shape index (κ1) is 13.0. The summed E-state index contributed by atoms with van der Waals surface area (Å²) in [5, 5.41) is 9.69. The molecule has 2 N–H and O–H groups in total. The van der Waals surface area contributed by atoms with E-state index in [1.807, 2.05) is 6.92 Å². The van der Waals surface area contributed by atoms with Crippen LogP contribution in [0.25, 0.3) is 0 Å². The fraction of sp³-hybridized carbons (Fsp3) is 0.727. The number of carbonyl (C=O) groups is 1. The summed E-state index contributed by atoms with van der Waals surface area (Å²) in [4.78, 5) is 16.0. The molecule has 2 rings (SSSR count). The molecule has 2 unspecified atom stereocenters. The van der Waals surface area contributed by atoms with Crippen molar-refractivity contribution in [3.8, 4) is 0 Å². The molecular formula is C11H18N4O3. The van der Waals surface area contributed by atoms with Gasteiger partial charge in [-0.2, -0.15) is 4.98 Å². The van der Waals surface area contributed by atoms with E-state index in [-0.39, 0.29) is 24.4 Å². The molecule has 1 fully saturated rings. The Hall–Kier alpha value is -1.47. The lowest BCUT2D eigenvalue weighted by Crippen LogP contribution is -2.43. The molecule has 0 spiro atoms. The number of aromatic nitrogens is 2. The summed E-state index contributed by atoms with van der Waals surface area (Å²) in [7, 11) is 0. The summed E-state index contributed by atoms with van der Waals surface area (Å²) in [6.45, 7) is 5.85. The molecule has 1 saturated heterocycles. The van der Waals surface area contributed by atoms with Crippen LogP contribution in [0.2, 0.25) is 0 Å². The van der Waals surface area contributed by atoms with Crippen molar-refractivity contribution in [2.24, 2.45) is 5.92 Å². The molecule has 18 heavy (non-hydrogen) atoms. The lowest BCUT2D eigenvalue weighted by molar-refractivity contribution is -0.125. The molecule has 0 aromatic carbocycles. The summed E-state index contributed by atoms with van der Waals surface area (Å²) in [6.07, 6.45) is 0. The summed E-state index contributed by atoms with van der Waals surface area (Å²) in [6, 6.07) is 0.0828. The molecule has 7 nitrogen and oxygen atoms in total. The Balaban J connectivity index is 1.83. The Morgan fingerprint density at radius 1 is 1.50 bits per heavy atom. The van der Waals surface area contributed by atoms with E-state index in [9.17, 15) is 4.79 Å². The van der Waals surface area contributed by atoms with Crippen LogP contribution in [0.3, 0.4) is 0 Å². The third-order valence-corrected chi connectivity index (χ3v) is 2.87. The smallest absolute Gasteiger partial charge is 0.246 e. The van der Waals surface area contributed by atoms with E-state index in [0.29, 0.717) is 24.9 Å². The van der Waals surface area contributed by atoms with Crippen molar-refractivity contribution in [2.45, 2.75) is 26.4 Å². The molecule has 1 aliphatic rings. The monoisotopic (exact) mass is 254 g/mol. The zero-order valence-corrected chi connectivity index (χ0v) is 10.6. The number of aryl methyl sites for hydroxylation is 1. The average molecular weight is 254 g/mol. The van der Waals surface area contributed by atoms with Gasteiger partial charge in [0, 0.05) is 6.04 Å². The van der Waals surface area contributed by atoms with Gasteiger partial charge in [0.05, 0.1) is 25.7 Å². The Kier molecular flexibility index (Phi) is 4.27. The van der Waals surface area contributed by atoms with Gasteiger partial charge in [0.15, 0.2) is 5.82 Å². The fourth-order valence-corrected chi connectivity index (χ4v) is 1.98. The predicted octanol–water partition coefficient (Wildman–Crippen LogP) is -0.381. The molecule has 0 aliphatic carbocycles. The summed E-state index contributed by atoms with van der Waals surface area (Å²) >= 11 is 0. The normalized spacial score (nSPS) is 23.2. The Morgan fingerprint density at radius 2 is 2.33 bits per heavy atom. The van der Waals surface area contributed by atoms with Crippen LogP contribution in [0.5, 0.6) is 0 Å². The van der Waals surface area contributed by atoms with Crippen LogP contribution in [-0.4, -0.2) is 41.8 Å². The van der Waals surface area contributed by atoms with Gasteiger partial charge in [-0.15, -0.1) is 0 Å². The van der Waals surface area contributed by atoms with Crippen LogP contribution in [0.15, 0.2) is 4.52 Å². The second-order valence-corrected chi connectivity index (χ2v) is 4.26. The Labute approximate surface area is 105 Å². The van der Waals surface area contributed by atoms with Crippen molar-refractivity contribution in [1.29, 1.82) is 0 Å². The number of nitrogens with one attached hydrogen (secondary N) is 2. The molecular weight excluding hydrogens is 236 g/mol. The molecule has 1 aromatic rings. The molecule has 100 valence electrons. The first-order valence-corrected chi connectivity index (χ1v) is 6.08. The van der Waals surface area contributed by atoms with E-state index in [1.165, 1.54) is 0 Å².